The van der Waals surface area contributed by atoms with Crippen LogP contribution < -0.4 is 11.1 Å². The van der Waals surface area contributed by atoms with E-state index in [9.17, 15) is 9.18 Å². The molecule has 3 nitrogen and oxygen atoms in total. The molecule has 6 heteroatoms. The molecule has 2 aromatic carbocycles. The van der Waals surface area contributed by atoms with Gasteiger partial charge in [-0.1, -0.05) is 17.7 Å². The normalized spacial score (nSPS) is 10.4. The quantitative estimate of drug-likeness (QED) is 0.640. The van der Waals surface area contributed by atoms with Crippen molar-refractivity contribution < 1.29 is 9.18 Å². The molecule has 0 saturated heterocycles. The third kappa shape index (κ3) is 4.95. The maximum absolute atomic E-state index is 13.0. The van der Waals surface area contributed by atoms with Crippen LogP contribution in [0.1, 0.15) is 6.42 Å². The van der Waals surface area contributed by atoms with Crippen LogP contribution in [0.4, 0.5) is 15.8 Å². The lowest BCUT2D eigenvalue weighted by atomic mass is 10.3. The number of hydrogen-bond donors (Lipinski definition) is 2. The van der Waals surface area contributed by atoms with Crippen LogP contribution in [-0.2, 0) is 4.79 Å². The van der Waals surface area contributed by atoms with Crippen LogP contribution in [0.15, 0.2) is 47.4 Å². The summed E-state index contributed by atoms with van der Waals surface area (Å²) >= 11 is 7.43. The number of nitrogen functional groups attached to an aromatic ring is 1. The number of rotatable bonds is 5. The highest BCUT2D eigenvalue weighted by Crippen LogP contribution is 2.26. The monoisotopic (exact) mass is 324 g/mol. The first-order valence-electron chi connectivity index (χ1n) is 6.28. The first kappa shape index (κ1) is 15.7. The highest BCUT2D eigenvalue weighted by Gasteiger charge is 2.05. The first-order valence-corrected chi connectivity index (χ1v) is 7.64. The topological polar surface area (TPSA) is 55.1 Å². The van der Waals surface area contributed by atoms with Crippen LogP contribution in [0, 0.1) is 5.82 Å². The number of thioether (sulfide) groups is 1. The van der Waals surface area contributed by atoms with Gasteiger partial charge in [-0.05, 0) is 36.4 Å². The first-order chi connectivity index (χ1) is 10.0. The van der Waals surface area contributed by atoms with Gasteiger partial charge >= 0.3 is 0 Å². The number of hydrogen-bond acceptors (Lipinski definition) is 3. The Morgan fingerprint density at radius 3 is 2.81 bits per heavy atom. The minimum atomic E-state index is -0.376. The summed E-state index contributed by atoms with van der Waals surface area (Å²) in [5, 5.41) is 3.16. The molecule has 2 rings (SSSR count). The fraction of sp³-hybridized carbons (Fsp3) is 0.133. The van der Waals surface area contributed by atoms with Gasteiger partial charge in [0.2, 0.25) is 5.91 Å². The summed E-state index contributed by atoms with van der Waals surface area (Å²) in [6.07, 6.45) is 0.323. The van der Waals surface area contributed by atoms with Crippen molar-refractivity contribution in [3.05, 3.63) is 53.3 Å². The van der Waals surface area contributed by atoms with Crippen molar-refractivity contribution in [3.8, 4) is 0 Å². The molecule has 0 spiro atoms. The number of amides is 1. The average molecular weight is 325 g/mol. The summed E-state index contributed by atoms with van der Waals surface area (Å²) in [6, 6.07) is 11.2. The Hall–Kier alpha value is -1.72. The predicted molar refractivity (Wildman–Crippen MR) is 86.2 cm³/mol. The third-order valence-electron chi connectivity index (χ3n) is 2.68. The number of nitrogens with one attached hydrogen (secondary N) is 1. The smallest absolute Gasteiger partial charge is 0.225 e. The Morgan fingerprint density at radius 2 is 2.10 bits per heavy atom. The molecule has 0 saturated carbocycles. The molecule has 0 aliphatic carbocycles. The highest BCUT2D eigenvalue weighted by atomic mass is 35.5. The molecule has 21 heavy (non-hydrogen) atoms. The molecule has 0 aliphatic rings. The SMILES string of the molecule is Nc1ccc(SCCC(=O)Nc2cccc(F)c2)cc1Cl. The van der Waals surface area contributed by atoms with Crippen LogP contribution in [0.5, 0.6) is 0 Å². The zero-order valence-electron chi connectivity index (χ0n) is 11.1. The van der Waals surface area contributed by atoms with E-state index in [0.717, 1.165) is 4.90 Å². The summed E-state index contributed by atoms with van der Waals surface area (Å²) < 4.78 is 13.0. The molecular formula is C15H14ClFN2OS. The fourth-order valence-corrected chi connectivity index (χ4v) is 2.78. The Kier molecular flexibility index (Phi) is 5.47. The zero-order valence-corrected chi connectivity index (χ0v) is 12.7. The van der Waals surface area contributed by atoms with E-state index >= 15 is 0 Å². The standard InChI is InChI=1S/C15H14ClFN2OS/c16-13-9-12(4-5-14(13)18)21-7-6-15(20)19-11-3-1-2-10(17)8-11/h1-5,8-9H,6-7,18H2,(H,19,20). The van der Waals surface area contributed by atoms with Gasteiger partial charge in [0, 0.05) is 22.8 Å². The van der Waals surface area contributed by atoms with Crippen LogP contribution in [-0.4, -0.2) is 11.7 Å². The molecule has 0 bridgehead atoms. The summed E-state index contributed by atoms with van der Waals surface area (Å²) in [6.45, 7) is 0. The van der Waals surface area contributed by atoms with Gasteiger partial charge in [0.1, 0.15) is 5.82 Å². The minimum absolute atomic E-state index is 0.158. The van der Waals surface area contributed by atoms with Gasteiger partial charge in [-0.25, -0.2) is 4.39 Å². The molecule has 1 amide bonds. The van der Waals surface area contributed by atoms with Crippen LogP contribution >= 0.6 is 23.4 Å². The lowest BCUT2D eigenvalue weighted by molar-refractivity contribution is -0.115. The van der Waals surface area contributed by atoms with Crippen molar-refractivity contribution in [3.63, 3.8) is 0 Å². The number of halogens is 2. The second kappa shape index (κ2) is 7.33. The molecule has 0 aromatic heterocycles. The Labute approximate surface area is 131 Å². The van der Waals surface area contributed by atoms with E-state index in [0.29, 0.717) is 28.6 Å². The zero-order chi connectivity index (χ0) is 15.2. The van der Waals surface area contributed by atoms with Crippen molar-refractivity contribution >= 4 is 40.6 Å². The van der Waals surface area contributed by atoms with E-state index in [1.54, 1.807) is 24.3 Å². The molecule has 110 valence electrons. The van der Waals surface area contributed by atoms with Gasteiger partial charge in [-0.2, -0.15) is 0 Å². The maximum Gasteiger partial charge on any atom is 0.225 e. The second-order valence-corrected chi connectivity index (χ2v) is 5.92. The van der Waals surface area contributed by atoms with E-state index in [-0.39, 0.29) is 11.7 Å². The number of anilines is 2. The van der Waals surface area contributed by atoms with Crippen molar-refractivity contribution in [2.75, 3.05) is 16.8 Å². The Bertz CT molecular complexity index is 651. The van der Waals surface area contributed by atoms with Crippen molar-refractivity contribution in [2.24, 2.45) is 0 Å². The fourth-order valence-electron chi connectivity index (χ4n) is 1.65. The number of benzene rings is 2. The van der Waals surface area contributed by atoms with E-state index in [1.165, 1.54) is 23.9 Å². The molecule has 0 fully saturated rings. The van der Waals surface area contributed by atoms with Crippen molar-refractivity contribution in [2.45, 2.75) is 11.3 Å². The highest BCUT2D eigenvalue weighted by molar-refractivity contribution is 7.99. The predicted octanol–water partition coefficient (Wildman–Crippen LogP) is 4.18. The van der Waals surface area contributed by atoms with Crippen LogP contribution in [0.3, 0.4) is 0 Å². The largest absolute Gasteiger partial charge is 0.398 e. The third-order valence-corrected chi connectivity index (χ3v) is 4.00. The molecule has 0 heterocycles. The van der Waals surface area contributed by atoms with Crippen LogP contribution in [0.25, 0.3) is 0 Å². The van der Waals surface area contributed by atoms with Gasteiger partial charge in [0.25, 0.3) is 0 Å². The van der Waals surface area contributed by atoms with E-state index < -0.39 is 0 Å². The summed E-state index contributed by atoms with van der Waals surface area (Å²) in [4.78, 5) is 12.7. The second-order valence-electron chi connectivity index (χ2n) is 4.34. The van der Waals surface area contributed by atoms with Gasteiger partial charge in [0.05, 0.1) is 10.7 Å². The van der Waals surface area contributed by atoms with E-state index in [2.05, 4.69) is 5.32 Å². The van der Waals surface area contributed by atoms with Crippen LogP contribution in [0.2, 0.25) is 5.02 Å². The molecule has 0 unspecified atom stereocenters. The van der Waals surface area contributed by atoms with Gasteiger partial charge < -0.3 is 11.1 Å². The van der Waals surface area contributed by atoms with Crippen molar-refractivity contribution in [1.29, 1.82) is 0 Å². The maximum atomic E-state index is 13.0. The van der Waals surface area contributed by atoms with Gasteiger partial charge in [-0.3, -0.25) is 4.79 Å². The Balaban J connectivity index is 1.80. The van der Waals surface area contributed by atoms with Gasteiger partial charge in [0.15, 0.2) is 0 Å². The molecule has 0 aliphatic heterocycles. The minimum Gasteiger partial charge on any atom is -0.398 e. The summed E-state index contributed by atoms with van der Waals surface area (Å²) in [7, 11) is 0. The average Bonchev–Trinajstić information content (AvgIpc) is 2.43. The Morgan fingerprint density at radius 1 is 1.29 bits per heavy atom. The lowest BCUT2D eigenvalue weighted by Crippen LogP contribution is -2.12. The van der Waals surface area contributed by atoms with Crippen molar-refractivity contribution in [1.82, 2.24) is 0 Å². The summed E-state index contributed by atoms with van der Waals surface area (Å²) in [5.74, 6) is 0.0647. The number of nitrogens with two attached hydrogens (primary N) is 1. The molecular weight excluding hydrogens is 311 g/mol. The summed E-state index contributed by atoms with van der Waals surface area (Å²) in [5.41, 5.74) is 6.62. The molecule has 3 N–H and O–H groups in total. The number of carbonyl (C=O) groups excluding carboxylic acids is 1. The van der Waals surface area contributed by atoms with E-state index in [1.807, 2.05) is 6.07 Å². The lowest BCUT2D eigenvalue weighted by Gasteiger charge is -2.06. The number of carbonyl (C=O) groups is 1. The van der Waals surface area contributed by atoms with Gasteiger partial charge in [-0.15, -0.1) is 11.8 Å². The molecule has 0 atom stereocenters. The molecule has 2 aromatic rings. The van der Waals surface area contributed by atoms with E-state index in [4.69, 9.17) is 17.3 Å². The molecule has 0 radical (unpaired) electrons.